The Morgan fingerprint density at radius 1 is 1.44 bits per heavy atom. The van der Waals surface area contributed by atoms with Gasteiger partial charge in [-0.25, -0.2) is 9.97 Å². The molecule has 0 amide bonds. The molecule has 1 aliphatic heterocycles. The molecule has 0 radical (unpaired) electrons. The Morgan fingerprint density at radius 3 is 3.06 bits per heavy atom. The Labute approximate surface area is 105 Å². The smallest absolute Gasteiger partial charge is 0.132 e. The van der Waals surface area contributed by atoms with Crippen LogP contribution in [0.2, 0.25) is 0 Å². The van der Waals surface area contributed by atoms with Gasteiger partial charge < -0.3 is 4.90 Å². The van der Waals surface area contributed by atoms with Crippen LogP contribution < -0.4 is 4.90 Å². The van der Waals surface area contributed by atoms with E-state index in [1.807, 2.05) is 6.92 Å². The molecule has 0 N–H and O–H groups in total. The molecule has 88 valence electrons. The van der Waals surface area contributed by atoms with E-state index in [9.17, 15) is 0 Å². The highest BCUT2D eigenvalue weighted by Gasteiger charge is 2.22. The lowest BCUT2D eigenvalue weighted by Crippen LogP contribution is -2.40. The summed E-state index contributed by atoms with van der Waals surface area (Å²) in [5, 5.41) is 1.07. The minimum Gasteiger partial charge on any atom is -0.354 e. The van der Waals surface area contributed by atoms with Gasteiger partial charge in [0.1, 0.15) is 12.1 Å². The fraction of sp³-hybridized carbons (Fsp3) is 0.667. The van der Waals surface area contributed by atoms with E-state index in [-0.39, 0.29) is 0 Å². The zero-order chi connectivity index (χ0) is 11.4. The van der Waals surface area contributed by atoms with Crippen LogP contribution in [0.3, 0.4) is 0 Å². The number of aryl methyl sites for hydroxylation is 1. The molecule has 0 bridgehead atoms. The molecule has 0 saturated carbocycles. The third-order valence-corrected chi connectivity index (χ3v) is 3.61. The first kappa shape index (κ1) is 11.8. The Morgan fingerprint density at radius 2 is 2.31 bits per heavy atom. The van der Waals surface area contributed by atoms with Crippen LogP contribution in [-0.4, -0.2) is 27.9 Å². The molecule has 0 aromatic carbocycles. The number of hydrogen-bond donors (Lipinski definition) is 0. The summed E-state index contributed by atoms with van der Waals surface area (Å²) in [6, 6.07) is 2.73. The van der Waals surface area contributed by atoms with Crippen LogP contribution in [0.15, 0.2) is 12.4 Å². The van der Waals surface area contributed by atoms with E-state index in [1.54, 1.807) is 6.33 Å². The van der Waals surface area contributed by atoms with Crippen LogP contribution >= 0.6 is 15.9 Å². The Kier molecular flexibility index (Phi) is 4.16. The number of nitrogens with zero attached hydrogens (tertiary/aromatic N) is 3. The monoisotopic (exact) mass is 283 g/mol. The molecule has 1 saturated heterocycles. The summed E-state index contributed by atoms with van der Waals surface area (Å²) in [4.78, 5) is 11.0. The zero-order valence-corrected chi connectivity index (χ0v) is 11.3. The van der Waals surface area contributed by atoms with E-state index in [0.717, 1.165) is 23.4 Å². The van der Waals surface area contributed by atoms with Crippen molar-refractivity contribution in [2.24, 2.45) is 0 Å². The Hall–Kier alpha value is -0.640. The molecule has 1 aromatic rings. The molecule has 0 aliphatic carbocycles. The van der Waals surface area contributed by atoms with Crippen molar-refractivity contribution in [2.45, 2.75) is 38.6 Å². The molecule has 1 unspecified atom stereocenters. The van der Waals surface area contributed by atoms with Crippen LogP contribution in [0, 0.1) is 6.92 Å². The predicted molar refractivity (Wildman–Crippen MR) is 70.2 cm³/mol. The summed E-state index contributed by atoms with van der Waals surface area (Å²) in [7, 11) is 0. The summed E-state index contributed by atoms with van der Waals surface area (Å²) in [6.07, 6.45) is 6.78. The normalized spacial score (nSPS) is 21.1. The van der Waals surface area contributed by atoms with Crippen molar-refractivity contribution in [3.8, 4) is 0 Å². The van der Waals surface area contributed by atoms with Crippen molar-refractivity contribution >= 4 is 21.7 Å². The van der Waals surface area contributed by atoms with Gasteiger partial charge in [0.2, 0.25) is 0 Å². The number of hydrogen-bond acceptors (Lipinski definition) is 3. The molecule has 16 heavy (non-hydrogen) atoms. The second-order valence-electron chi connectivity index (χ2n) is 4.34. The minimum atomic E-state index is 0.641. The number of rotatable bonds is 3. The topological polar surface area (TPSA) is 29.0 Å². The van der Waals surface area contributed by atoms with E-state index in [2.05, 4.69) is 36.9 Å². The first-order valence-corrected chi connectivity index (χ1v) is 7.04. The molecular weight excluding hydrogens is 266 g/mol. The minimum absolute atomic E-state index is 0.641. The SMILES string of the molecule is Cc1cc(N2CCCCC2CCBr)ncn1. The molecule has 4 heteroatoms. The van der Waals surface area contributed by atoms with Crippen molar-refractivity contribution in [3.63, 3.8) is 0 Å². The zero-order valence-electron chi connectivity index (χ0n) is 9.69. The summed E-state index contributed by atoms with van der Waals surface area (Å²) < 4.78 is 0. The van der Waals surface area contributed by atoms with E-state index in [1.165, 1.54) is 25.7 Å². The Balaban J connectivity index is 2.16. The van der Waals surface area contributed by atoms with E-state index >= 15 is 0 Å². The highest BCUT2D eigenvalue weighted by atomic mass is 79.9. The van der Waals surface area contributed by atoms with Crippen LogP contribution in [0.4, 0.5) is 5.82 Å². The third-order valence-electron chi connectivity index (χ3n) is 3.15. The van der Waals surface area contributed by atoms with Crippen LogP contribution in [0.5, 0.6) is 0 Å². The van der Waals surface area contributed by atoms with Crippen LogP contribution in [0.1, 0.15) is 31.4 Å². The van der Waals surface area contributed by atoms with Crippen LogP contribution in [-0.2, 0) is 0 Å². The predicted octanol–water partition coefficient (Wildman–Crippen LogP) is 2.93. The molecule has 1 aromatic heterocycles. The maximum absolute atomic E-state index is 4.40. The number of piperidine rings is 1. The van der Waals surface area contributed by atoms with Crippen molar-refractivity contribution in [2.75, 3.05) is 16.8 Å². The van der Waals surface area contributed by atoms with Crippen molar-refractivity contribution in [3.05, 3.63) is 18.1 Å². The van der Waals surface area contributed by atoms with Gasteiger partial charge in [-0.3, -0.25) is 0 Å². The fourth-order valence-corrected chi connectivity index (χ4v) is 2.85. The standard InChI is InChI=1S/C12H18BrN3/c1-10-8-12(15-9-14-10)16-7-3-2-4-11(16)5-6-13/h8-9,11H,2-7H2,1H3. The van der Waals surface area contributed by atoms with Crippen molar-refractivity contribution < 1.29 is 0 Å². The first-order valence-electron chi connectivity index (χ1n) is 5.92. The average Bonchev–Trinajstić information content (AvgIpc) is 2.30. The Bertz CT molecular complexity index is 341. The molecule has 0 spiro atoms. The van der Waals surface area contributed by atoms with E-state index in [4.69, 9.17) is 0 Å². The quantitative estimate of drug-likeness (QED) is 0.799. The molecule has 3 nitrogen and oxygen atoms in total. The van der Waals surface area contributed by atoms with Gasteiger partial charge in [0.05, 0.1) is 0 Å². The fourth-order valence-electron chi connectivity index (χ4n) is 2.33. The summed E-state index contributed by atoms with van der Waals surface area (Å²) in [5.74, 6) is 1.10. The summed E-state index contributed by atoms with van der Waals surface area (Å²) in [6.45, 7) is 3.16. The van der Waals surface area contributed by atoms with Gasteiger partial charge in [-0.2, -0.15) is 0 Å². The van der Waals surface area contributed by atoms with Gasteiger partial charge in [-0.1, -0.05) is 15.9 Å². The first-order chi connectivity index (χ1) is 7.81. The summed E-state index contributed by atoms with van der Waals surface area (Å²) in [5.41, 5.74) is 1.05. The van der Waals surface area contributed by atoms with Crippen molar-refractivity contribution in [1.29, 1.82) is 0 Å². The molecule has 2 rings (SSSR count). The molecule has 2 heterocycles. The summed E-state index contributed by atoms with van der Waals surface area (Å²) >= 11 is 3.54. The number of anilines is 1. The molecular formula is C12H18BrN3. The lowest BCUT2D eigenvalue weighted by molar-refractivity contribution is 0.449. The van der Waals surface area contributed by atoms with Crippen LogP contribution in [0.25, 0.3) is 0 Å². The maximum atomic E-state index is 4.40. The number of halogens is 1. The second-order valence-corrected chi connectivity index (χ2v) is 5.13. The van der Waals surface area contributed by atoms with Gasteiger partial charge in [0.15, 0.2) is 0 Å². The molecule has 1 atom stereocenters. The van der Waals surface area contributed by atoms with Crippen molar-refractivity contribution in [1.82, 2.24) is 9.97 Å². The lowest BCUT2D eigenvalue weighted by Gasteiger charge is -2.36. The molecule has 1 aliphatic rings. The lowest BCUT2D eigenvalue weighted by atomic mass is 10.00. The van der Waals surface area contributed by atoms with Gasteiger partial charge in [0.25, 0.3) is 0 Å². The average molecular weight is 284 g/mol. The second kappa shape index (κ2) is 5.62. The number of alkyl halides is 1. The number of aromatic nitrogens is 2. The largest absolute Gasteiger partial charge is 0.354 e. The van der Waals surface area contributed by atoms with Gasteiger partial charge in [-0.15, -0.1) is 0 Å². The van der Waals surface area contributed by atoms with Gasteiger partial charge >= 0.3 is 0 Å². The van der Waals surface area contributed by atoms with Gasteiger partial charge in [-0.05, 0) is 32.6 Å². The van der Waals surface area contributed by atoms with Gasteiger partial charge in [0, 0.05) is 29.7 Å². The maximum Gasteiger partial charge on any atom is 0.132 e. The highest BCUT2D eigenvalue weighted by Crippen LogP contribution is 2.25. The highest BCUT2D eigenvalue weighted by molar-refractivity contribution is 9.09. The van der Waals surface area contributed by atoms with E-state index in [0.29, 0.717) is 6.04 Å². The third kappa shape index (κ3) is 2.73. The molecule has 1 fully saturated rings. The van der Waals surface area contributed by atoms with E-state index < -0.39 is 0 Å².